The van der Waals surface area contributed by atoms with Gasteiger partial charge in [0.2, 0.25) is 0 Å². The fraction of sp³-hybridized carbons (Fsp3) is 0.750. The molecule has 0 aromatic carbocycles. The molecule has 1 atom stereocenters. The molecule has 1 aliphatic rings. The van der Waals surface area contributed by atoms with Gasteiger partial charge in [0, 0.05) is 6.26 Å². The normalized spacial score (nSPS) is 26.2. The van der Waals surface area contributed by atoms with Gasteiger partial charge in [-0.1, -0.05) is 11.6 Å². The fourth-order valence-corrected chi connectivity index (χ4v) is 1.66. The van der Waals surface area contributed by atoms with Gasteiger partial charge in [-0.2, -0.15) is 0 Å². The monoisotopic (exact) mass is 158 g/mol. The number of allylic oxidation sites excluding steroid dienone is 1. The Morgan fingerprint density at radius 2 is 2.50 bits per heavy atom. The van der Waals surface area contributed by atoms with Gasteiger partial charge in [-0.3, -0.25) is 0 Å². The van der Waals surface area contributed by atoms with E-state index in [1.54, 1.807) is 0 Å². The molecule has 0 aromatic heterocycles. The summed E-state index contributed by atoms with van der Waals surface area (Å²) in [6.45, 7) is 2.18. The SMILES string of the molecule is CSOC1C=C(C)CCC1. The van der Waals surface area contributed by atoms with Crippen molar-refractivity contribution in [2.75, 3.05) is 6.26 Å². The lowest BCUT2D eigenvalue weighted by Crippen LogP contribution is -2.09. The smallest absolute Gasteiger partial charge is 0.0905 e. The van der Waals surface area contributed by atoms with Crippen molar-refractivity contribution in [3.8, 4) is 0 Å². The van der Waals surface area contributed by atoms with Crippen LogP contribution >= 0.6 is 12.0 Å². The molecule has 0 aliphatic heterocycles. The van der Waals surface area contributed by atoms with Crippen LogP contribution in [0, 0.1) is 0 Å². The van der Waals surface area contributed by atoms with E-state index in [-0.39, 0.29) is 0 Å². The number of hydrogen-bond acceptors (Lipinski definition) is 2. The van der Waals surface area contributed by atoms with E-state index >= 15 is 0 Å². The van der Waals surface area contributed by atoms with Gasteiger partial charge >= 0.3 is 0 Å². The van der Waals surface area contributed by atoms with E-state index in [1.165, 1.54) is 36.9 Å². The second-order valence-electron chi connectivity index (χ2n) is 2.71. The van der Waals surface area contributed by atoms with Crippen molar-refractivity contribution in [3.05, 3.63) is 11.6 Å². The molecule has 1 nitrogen and oxygen atoms in total. The van der Waals surface area contributed by atoms with Gasteiger partial charge in [-0.25, -0.2) is 0 Å². The summed E-state index contributed by atoms with van der Waals surface area (Å²) >= 11 is 1.47. The lowest BCUT2D eigenvalue weighted by Gasteiger charge is -2.17. The van der Waals surface area contributed by atoms with Crippen LogP contribution < -0.4 is 0 Å². The first kappa shape index (κ1) is 8.15. The molecule has 0 saturated heterocycles. The zero-order chi connectivity index (χ0) is 7.40. The average Bonchev–Trinajstić information content (AvgIpc) is 1.88. The largest absolute Gasteiger partial charge is 0.308 e. The third kappa shape index (κ3) is 2.35. The minimum Gasteiger partial charge on any atom is -0.308 e. The summed E-state index contributed by atoms with van der Waals surface area (Å²) < 4.78 is 5.39. The minimum atomic E-state index is 0.378. The zero-order valence-electron chi connectivity index (χ0n) is 6.59. The predicted molar refractivity (Wildman–Crippen MR) is 46.0 cm³/mol. The van der Waals surface area contributed by atoms with Crippen LogP contribution in [-0.4, -0.2) is 12.4 Å². The van der Waals surface area contributed by atoms with Crippen molar-refractivity contribution in [1.82, 2.24) is 0 Å². The first-order chi connectivity index (χ1) is 4.83. The van der Waals surface area contributed by atoms with Crippen molar-refractivity contribution < 1.29 is 4.18 Å². The van der Waals surface area contributed by atoms with Crippen LogP contribution in [0.1, 0.15) is 26.2 Å². The highest BCUT2D eigenvalue weighted by Gasteiger charge is 2.10. The third-order valence-electron chi connectivity index (χ3n) is 1.75. The zero-order valence-corrected chi connectivity index (χ0v) is 7.41. The maximum absolute atomic E-state index is 5.39. The summed E-state index contributed by atoms with van der Waals surface area (Å²) in [5.41, 5.74) is 1.48. The van der Waals surface area contributed by atoms with E-state index in [0.717, 1.165) is 0 Å². The van der Waals surface area contributed by atoms with Crippen LogP contribution in [0.2, 0.25) is 0 Å². The van der Waals surface area contributed by atoms with Gasteiger partial charge < -0.3 is 4.18 Å². The summed E-state index contributed by atoms with van der Waals surface area (Å²) in [4.78, 5) is 0. The molecule has 2 heteroatoms. The van der Waals surface area contributed by atoms with Gasteiger partial charge in [-0.15, -0.1) is 0 Å². The first-order valence-corrected chi connectivity index (χ1v) is 4.84. The highest BCUT2D eigenvalue weighted by Crippen LogP contribution is 2.21. The first-order valence-electron chi connectivity index (χ1n) is 3.69. The maximum Gasteiger partial charge on any atom is 0.0905 e. The highest BCUT2D eigenvalue weighted by molar-refractivity contribution is 7.93. The molecule has 1 aliphatic carbocycles. The van der Waals surface area contributed by atoms with Crippen LogP contribution in [0.3, 0.4) is 0 Å². The summed E-state index contributed by atoms with van der Waals surface area (Å²) in [7, 11) is 0. The Hall–Kier alpha value is 0.0500. The molecule has 1 unspecified atom stereocenters. The summed E-state index contributed by atoms with van der Waals surface area (Å²) in [5.74, 6) is 0. The molecule has 0 fully saturated rings. The second-order valence-corrected chi connectivity index (χ2v) is 3.23. The molecule has 0 spiro atoms. The van der Waals surface area contributed by atoms with Crippen molar-refractivity contribution in [1.29, 1.82) is 0 Å². The van der Waals surface area contributed by atoms with E-state index in [4.69, 9.17) is 4.18 Å². The van der Waals surface area contributed by atoms with E-state index in [9.17, 15) is 0 Å². The molecule has 0 radical (unpaired) electrons. The molecule has 0 saturated carbocycles. The molecule has 0 heterocycles. The van der Waals surface area contributed by atoms with E-state index < -0.39 is 0 Å². The van der Waals surface area contributed by atoms with Crippen molar-refractivity contribution in [2.24, 2.45) is 0 Å². The molecule has 0 bridgehead atoms. The molecule has 10 heavy (non-hydrogen) atoms. The Labute approximate surface area is 67.0 Å². The molecule has 0 amide bonds. The van der Waals surface area contributed by atoms with Crippen LogP contribution in [0.15, 0.2) is 11.6 Å². The Kier molecular flexibility index (Phi) is 3.29. The third-order valence-corrected chi connectivity index (χ3v) is 2.19. The number of rotatable bonds is 2. The Morgan fingerprint density at radius 3 is 3.10 bits per heavy atom. The van der Waals surface area contributed by atoms with Gasteiger partial charge in [0.05, 0.1) is 6.10 Å². The quantitative estimate of drug-likeness (QED) is 0.451. The summed E-state index contributed by atoms with van der Waals surface area (Å²) in [6.07, 6.45) is 8.32. The Balaban J connectivity index is 2.38. The highest BCUT2D eigenvalue weighted by atomic mass is 32.2. The van der Waals surface area contributed by atoms with Gasteiger partial charge in [0.25, 0.3) is 0 Å². The minimum absolute atomic E-state index is 0.378. The fourth-order valence-electron chi connectivity index (χ4n) is 1.27. The molecule has 0 N–H and O–H groups in total. The van der Waals surface area contributed by atoms with Crippen molar-refractivity contribution in [3.63, 3.8) is 0 Å². The van der Waals surface area contributed by atoms with Crippen LogP contribution in [0.5, 0.6) is 0 Å². The lowest BCUT2D eigenvalue weighted by molar-refractivity contribution is 0.270. The number of hydrogen-bond donors (Lipinski definition) is 0. The van der Waals surface area contributed by atoms with Crippen LogP contribution in [-0.2, 0) is 4.18 Å². The molecular weight excluding hydrogens is 144 g/mol. The van der Waals surface area contributed by atoms with Crippen molar-refractivity contribution in [2.45, 2.75) is 32.3 Å². The summed E-state index contributed by atoms with van der Waals surface area (Å²) in [5, 5.41) is 0. The lowest BCUT2D eigenvalue weighted by atomic mass is 9.99. The average molecular weight is 158 g/mol. The van der Waals surface area contributed by atoms with Crippen molar-refractivity contribution >= 4 is 12.0 Å². The van der Waals surface area contributed by atoms with Gasteiger partial charge in [-0.05, 0) is 38.2 Å². The van der Waals surface area contributed by atoms with E-state index in [1.807, 2.05) is 6.26 Å². The molecule has 58 valence electrons. The Bertz CT molecular complexity index is 131. The predicted octanol–water partition coefficient (Wildman–Crippen LogP) is 2.78. The molecular formula is C8H14OS. The molecule has 0 aromatic rings. The van der Waals surface area contributed by atoms with Gasteiger partial charge in [0.15, 0.2) is 0 Å². The van der Waals surface area contributed by atoms with E-state index in [0.29, 0.717) is 6.10 Å². The second kappa shape index (κ2) is 4.04. The Morgan fingerprint density at radius 1 is 1.70 bits per heavy atom. The summed E-state index contributed by atoms with van der Waals surface area (Å²) in [6, 6.07) is 0. The standard InChI is InChI=1S/C8H14OS/c1-7-4-3-5-8(6-7)9-10-2/h6,8H,3-5H2,1-2H3. The molecule has 1 rings (SSSR count). The van der Waals surface area contributed by atoms with Crippen LogP contribution in [0.4, 0.5) is 0 Å². The maximum atomic E-state index is 5.39. The topological polar surface area (TPSA) is 9.23 Å². The van der Waals surface area contributed by atoms with E-state index in [2.05, 4.69) is 13.0 Å². The van der Waals surface area contributed by atoms with Crippen LogP contribution in [0.25, 0.3) is 0 Å². The van der Waals surface area contributed by atoms with Gasteiger partial charge in [0.1, 0.15) is 0 Å².